The Bertz CT molecular complexity index is 596. The quantitative estimate of drug-likeness (QED) is 0.796. The lowest BCUT2D eigenvalue weighted by molar-refractivity contribution is 0.285. The first-order valence-electron chi connectivity index (χ1n) is 7.37. The summed E-state index contributed by atoms with van der Waals surface area (Å²) in [5.41, 5.74) is 1.30. The van der Waals surface area contributed by atoms with E-state index >= 15 is 0 Å². The number of sulfone groups is 1. The second kappa shape index (κ2) is 6.17. The van der Waals surface area contributed by atoms with E-state index in [9.17, 15) is 8.42 Å². The van der Waals surface area contributed by atoms with E-state index in [1.165, 1.54) is 5.56 Å². The van der Waals surface area contributed by atoms with Crippen molar-refractivity contribution in [2.75, 3.05) is 18.1 Å². The van der Waals surface area contributed by atoms with Crippen LogP contribution in [0.15, 0.2) is 18.2 Å². The van der Waals surface area contributed by atoms with Crippen molar-refractivity contribution in [3.05, 3.63) is 28.8 Å². The predicted octanol–water partition coefficient (Wildman–Crippen LogP) is 3.84. The average molecular weight is 331 g/mol. The van der Waals surface area contributed by atoms with Gasteiger partial charge in [0.25, 0.3) is 0 Å². The maximum Gasteiger partial charge on any atom is 0.150 e. The van der Waals surface area contributed by atoms with Crippen LogP contribution >= 0.6 is 11.6 Å². The van der Waals surface area contributed by atoms with Crippen molar-refractivity contribution in [2.24, 2.45) is 5.92 Å². The molecule has 0 spiro atoms. The lowest BCUT2D eigenvalue weighted by Crippen LogP contribution is -2.37. The third-order valence-electron chi connectivity index (χ3n) is 4.36. The van der Waals surface area contributed by atoms with E-state index in [4.69, 9.17) is 16.3 Å². The molecule has 1 heterocycles. The maximum atomic E-state index is 11.1. The summed E-state index contributed by atoms with van der Waals surface area (Å²) in [6.07, 6.45) is 1.80. The lowest BCUT2D eigenvalue weighted by Gasteiger charge is -2.26. The van der Waals surface area contributed by atoms with Crippen LogP contribution in [0, 0.1) is 5.92 Å². The highest BCUT2D eigenvalue weighted by molar-refractivity contribution is 7.92. The minimum absolute atomic E-state index is 0.0997. The molecular weight excluding hydrogens is 308 g/mol. The van der Waals surface area contributed by atoms with Crippen LogP contribution in [0.2, 0.25) is 5.02 Å². The number of benzene rings is 1. The maximum absolute atomic E-state index is 11.1. The van der Waals surface area contributed by atoms with E-state index in [0.717, 1.165) is 12.8 Å². The predicted molar refractivity (Wildman–Crippen MR) is 87.0 cm³/mol. The highest BCUT2D eigenvalue weighted by atomic mass is 35.5. The second-order valence-corrected chi connectivity index (χ2v) is 9.02. The van der Waals surface area contributed by atoms with Crippen molar-refractivity contribution >= 4 is 21.4 Å². The van der Waals surface area contributed by atoms with E-state index in [1.54, 1.807) is 0 Å². The standard InChI is InChI=1S/C16H23ClO3S/c1-4-16(2,3)13-5-6-15(14(17)9-13)20-8-7-12-10-21(18,19)11-12/h5-6,9,12H,4,7-8,10-11H2,1-3H3. The van der Waals surface area contributed by atoms with Gasteiger partial charge in [-0.25, -0.2) is 8.42 Å². The number of hydrogen-bond acceptors (Lipinski definition) is 3. The van der Waals surface area contributed by atoms with Gasteiger partial charge in [0.05, 0.1) is 23.1 Å². The molecule has 21 heavy (non-hydrogen) atoms. The summed E-state index contributed by atoms with van der Waals surface area (Å²) in [7, 11) is -2.74. The molecule has 2 rings (SSSR count). The molecule has 0 saturated carbocycles. The molecule has 0 radical (unpaired) electrons. The minimum atomic E-state index is -2.74. The molecule has 1 aromatic carbocycles. The zero-order valence-corrected chi connectivity index (χ0v) is 14.4. The molecule has 0 bridgehead atoms. The topological polar surface area (TPSA) is 43.4 Å². The number of ether oxygens (including phenoxy) is 1. The molecule has 0 amide bonds. The highest BCUT2D eigenvalue weighted by Gasteiger charge is 2.32. The van der Waals surface area contributed by atoms with E-state index in [2.05, 4.69) is 26.8 Å². The molecule has 1 aliphatic heterocycles. The number of rotatable bonds is 6. The molecule has 0 aromatic heterocycles. The average Bonchev–Trinajstić information content (AvgIpc) is 2.38. The largest absolute Gasteiger partial charge is 0.492 e. The Morgan fingerprint density at radius 3 is 2.52 bits per heavy atom. The van der Waals surface area contributed by atoms with Crippen LogP contribution < -0.4 is 4.74 Å². The molecule has 0 unspecified atom stereocenters. The molecule has 3 nitrogen and oxygen atoms in total. The molecule has 0 N–H and O–H groups in total. The molecule has 0 aliphatic carbocycles. The summed E-state index contributed by atoms with van der Waals surface area (Å²) in [6, 6.07) is 5.93. The molecular formula is C16H23ClO3S. The summed E-state index contributed by atoms with van der Waals surface area (Å²) in [5, 5.41) is 0.621. The minimum Gasteiger partial charge on any atom is -0.492 e. The Morgan fingerprint density at radius 1 is 1.33 bits per heavy atom. The summed E-state index contributed by atoms with van der Waals surface area (Å²) >= 11 is 6.28. The van der Waals surface area contributed by atoms with Gasteiger partial charge in [-0.2, -0.15) is 0 Å². The van der Waals surface area contributed by atoms with Gasteiger partial charge in [-0.1, -0.05) is 38.4 Å². The summed E-state index contributed by atoms with van der Waals surface area (Å²) < 4.78 is 27.9. The van der Waals surface area contributed by atoms with Gasteiger partial charge in [0.15, 0.2) is 9.84 Å². The first kappa shape index (κ1) is 16.6. The third kappa shape index (κ3) is 4.13. The van der Waals surface area contributed by atoms with Crippen molar-refractivity contribution < 1.29 is 13.2 Å². The van der Waals surface area contributed by atoms with Gasteiger partial charge in [0, 0.05) is 0 Å². The van der Waals surface area contributed by atoms with Gasteiger partial charge in [-0.3, -0.25) is 0 Å². The first-order valence-corrected chi connectivity index (χ1v) is 9.57. The van der Waals surface area contributed by atoms with Crippen molar-refractivity contribution in [2.45, 2.75) is 39.0 Å². The molecule has 1 fully saturated rings. The smallest absolute Gasteiger partial charge is 0.150 e. The van der Waals surface area contributed by atoms with Crippen LogP contribution in [0.4, 0.5) is 0 Å². The van der Waals surface area contributed by atoms with Crippen LogP contribution in [0.3, 0.4) is 0 Å². The van der Waals surface area contributed by atoms with Crippen LogP contribution in [-0.2, 0) is 15.3 Å². The van der Waals surface area contributed by atoms with Crippen LogP contribution in [-0.4, -0.2) is 26.5 Å². The van der Waals surface area contributed by atoms with Gasteiger partial charge >= 0.3 is 0 Å². The molecule has 1 aliphatic rings. The van der Waals surface area contributed by atoms with E-state index in [-0.39, 0.29) is 11.3 Å². The highest BCUT2D eigenvalue weighted by Crippen LogP contribution is 2.33. The van der Waals surface area contributed by atoms with E-state index < -0.39 is 9.84 Å². The molecule has 0 atom stereocenters. The summed E-state index contributed by atoms with van der Waals surface area (Å²) in [6.45, 7) is 7.05. The summed E-state index contributed by atoms with van der Waals surface area (Å²) in [4.78, 5) is 0. The summed E-state index contributed by atoms with van der Waals surface area (Å²) in [5.74, 6) is 1.52. The van der Waals surface area contributed by atoms with E-state index in [1.807, 2.05) is 12.1 Å². The van der Waals surface area contributed by atoms with Crippen molar-refractivity contribution in [3.63, 3.8) is 0 Å². The molecule has 1 aromatic rings. The fourth-order valence-electron chi connectivity index (χ4n) is 2.41. The SMILES string of the molecule is CCC(C)(C)c1ccc(OCCC2CS(=O)(=O)C2)c(Cl)c1. The van der Waals surface area contributed by atoms with Gasteiger partial charge in [-0.15, -0.1) is 0 Å². The zero-order chi connectivity index (χ0) is 15.7. The van der Waals surface area contributed by atoms with Gasteiger partial charge in [-0.05, 0) is 41.9 Å². The Morgan fingerprint density at radius 2 is 2.00 bits per heavy atom. The number of hydrogen-bond donors (Lipinski definition) is 0. The fourth-order valence-corrected chi connectivity index (χ4v) is 4.32. The fraction of sp³-hybridized carbons (Fsp3) is 0.625. The Kier molecular flexibility index (Phi) is 4.89. The van der Waals surface area contributed by atoms with Gasteiger partial charge < -0.3 is 4.74 Å². The Hall–Kier alpha value is -0.740. The van der Waals surface area contributed by atoms with Crippen LogP contribution in [0.1, 0.15) is 39.2 Å². The number of halogens is 1. The van der Waals surface area contributed by atoms with Gasteiger partial charge in [0.2, 0.25) is 0 Å². The van der Waals surface area contributed by atoms with Crippen molar-refractivity contribution in [3.8, 4) is 5.75 Å². The monoisotopic (exact) mass is 330 g/mol. The first-order chi connectivity index (χ1) is 9.73. The second-order valence-electron chi connectivity index (χ2n) is 6.46. The molecule has 118 valence electrons. The van der Waals surface area contributed by atoms with E-state index in [0.29, 0.717) is 28.9 Å². The van der Waals surface area contributed by atoms with Crippen LogP contribution in [0.5, 0.6) is 5.75 Å². The normalized spacial score (nSPS) is 18.3. The Balaban J connectivity index is 1.90. The van der Waals surface area contributed by atoms with Crippen molar-refractivity contribution in [1.82, 2.24) is 0 Å². The molecule has 1 saturated heterocycles. The third-order valence-corrected chi connectivity index (χ3v) is 6.61. The van der Waals surface area contributed by atoms with Crippen molar-refractivity contribution in [1.29, 1.82) is 0 Å². The van der Waals surface area contributed by atoms with Gasteiger partial charge in [0.1, 0.15) is 5.75 Å². The lowest BCUT2D eigenvalue weighted by atomic mass is 9.82. The molecule has 5 heteroatoms. The zero-order valence-electron chi connectivity index (χ0n) is 12.9. The Labute approximate surface area is 132 Å². The van der Waals surface area contributed by atoms with Crippen LogP contribution in [0.25, 0.3) is 0 Å².